The fourth-order valence-corrected chi connectivity index (χ4v) is 4.39. The summed E-state index contributed by atoms with van der Waals surface area (Å²) in [5.74, 6) is 0.721. The Morgan fingerprint density at radius 1 is 1.36 bits per heavy atom. The highest BCUT2D eigenvalue weighted by Crippen LogP contribution is 2.26. The molecule has 0 aliphatic carbocycles. The maximum Gasteiger partial charge on any atom is 0.240 e. The number of thiazole rings is 1. The van der Waals surface area contributed by atoms with Gasteiger partial charge in [0.05, 0.1) is 15.2 Å². The van der Waals surface area contributed by atoms with Crippen molar-refractivity contribution in [1.29, 1.82) is 0 Å². The van der Waals surface area contributed by atoms with Crippen molar-refractivity contribution in [3.63, 3.8) is 0 Å². The monoisotopic (exact) mass is 378 g/mol. The number of halogens is 1. The van der Waals surface area contributed by atoms with Gasteiger partial charge in [-0.25, -0.2) is 4.98 Å². The average molecular weight is 379 g/mol. The molecule has 2 heterocycles. The van der Waals surface area contributed by atoms with E-state index < -0.39 is 5.38 Å². The smallest absolute Gasteiger partial charge is 0.240 e. The number of hydrogen-bond donors (Lipinski definition) is 0. The van der Waals surface area contributed by atoms with Crippen LogP contribution in [0.4, 0.5) is 0 Å². The number of amides is 1. The first kappa shape index (κ1) is 18.3. The molecule has 1 aromatic heterocycles. The second-order valence-electron chi connectivity index (χ2n) is 6.76. The molecule has 1 aliphatic rings. The normalized spacial score (nSPS) is 17.0. The highest BCUT2D eigenvalue weighted by Gasteiger charge is 2.25. The third-order valence-electron chi connectivity index (χ3n) is 4.86. The maximum absolute atomic E-state index is 12.5. The summed E-state index contributed by atoms with van der Waals surface area (Å²) in [6.45, 7) is 5.20. The van der Waals surface area contributed by atoms with Crippen LogP contribution in [0.2, 0.25) is 0 Å². The van der Waals surface area contributed by atoms with Crippen molar-refractivity contribution in [3.8, 4) is 0 Å². The molecule has 25 heavy (non-hydrogen) atoms. The summed E-state index contributed by atoms with van der Waals surface area (Å²) in [6.07, 6.45) is 3.36. The second-order valence-corrected chi connectivity index (χ2v) is 8.65. The van der Waals surface area contributed by atoms with E-state index in [4.69, 9.17) is 11.6 Å². The minimum atomic E-state index is -0.455. The molecule has 0 N–H and O–H groups in total. The SMILES string of the molecule is Cc1nc2ccc(C(=O)CCC3CCN(C(=O)C(C)Cl)CC3)cc2s1. The lowest BCUT2D eigenvalue weighted by molar-refractivity contribution is -0.131. The molecule has 1 aromatic carbocycles. The van der Waals surface area contributed by atoms with Crippen LogP contribution in [0.1, 0.15) is 48.0 Å². The summed E-state index contributed by atoms with van der Waals surface area (Å²) >= 11 is 7.50. The zero-order chi connectivity index (χ0) is 18.0. The van der Waals surface area contributed by atoms with Gasteiger partial charge in [0, 0.05) is 25.1 Å². The number of hydrogen-bond acceptors (Lipinski definition) is 4. The molecule has 1 aliphatic heterocycles. The van der Waals surface area contributed by atoms with Gasteiger partial charge in [0.1, 0.15) is 5.38 Å². The molecule has 1 fully saturated rings. The van der Waals surface area contributed by atoms with Crippen LogP contribution in [-0.2, 0) is 4.79 Å². The lowest BCUT2D eigenvalue weighted by atomic mass is 9.90. The number of ketones is 1. The number of aromatic nitrogens is 1. The van der Waals surface area contributed by atoms with Gasteiger partial charge in [-0.05, 0) is 57.2 Å². The van der Waals surface area contributed by atoms with E-state index in [0.717, 1.165) is 53.1 Å². The molecule has 0 radical (unpaired) electrons. The number of alkyl halides is 1. The summed E-state index contributed by atoms with van der Waals surface area (Å²) in [7, 11) is 0. The molecule has 0 bridgehead atoms. The van der Waals surface area contributed by atoms with Crippen LogP contribution in [-0.4, -0.2) is 40.0 Å². The predicted octanol–water partition coefficient (Wildman–Crippen LogP) is 4.43. The van der Waals surface area contributed by atoms with Gasteiger partial charge in [0.2, 0.25) is 5.91 Å². The number of benzene rings is 1. The topological polar surface area (TPSA) is 50.3 Å². The van der Waals surface area contributed by atoms with E-state index in [9.17, 15) is 9.59 Å². The quantitative estimate of drug-likeness (QED) is 0.571. The standard InChI is InChI=1S/C19H23ClN2O2S/c1-12(20)19(24)22-9-7-14(8-10-22)3-6-17(23)15-4-5-16-18(11-15)25-13(2)21-16/h4-5,11-12,14H,3,6-10H2,1-2H3. The number of Topliss-reactive ketones (excluding diaryl/α,β-unsaturated/α-hetero) is 1. The fourth-order valence-electron chi connectivity index (χ4n) is 3.39. The van der Waals surface area contributed by atoms with E-state index in [0.29, 0.717) is 12.3 Å². The average Bonchev–Trinajstić information content (AvgIpc) is 2.98. The van der Waals surface area contributed by atoms with E-state index in [1.807, 2.05) is 30.0 Å². The van der Waals surface area contributed by atoms with Crippen molar-refractivity contribution in [2.75, 3.05) is 13.1 Å². The van der Waals surface area contributed by atoms with Gasteiger partial charge in [0.15, 0.2) is 5.78 Å². The minimum absolute atomic E-state index is 0.0179. The Balaban J connectivity index is 1.51. The number of fused-ring (bicyclic) bond motifs is 1. The Bertz CT molecular complexity index is 779. The van der Waals surface area contributed by atoms with Crippen molar-refractivity contribution in [1.82, 2.24) is 9.88 Å². The number of likely N-dealkylation sites (tertiary alicyclic amines) is 1. The van der Waals surface area contributed by atoms with E-state index in [-0.39, 0.29) is 11.7 Å². The van der Waals surface area contributed by atoms with Crippen LogP contribution in [0.5, 0.6) is 0 Å². The number of rotatable bonds is 5. The third kappa shape index (κ3) is 4.39. The van der Waals surface area contributed by atoms with Crippen LogP contribution in [0, 0.1) is 12.8 Å². The number of carbonyl (C=O) groups excluding carboxylic acids is 2. The summed E-state index contributed by atoms with van der Waals surface area (Å²) in [4.78, 5) is 30.7. The van der Waals surface area contributed by atoms with E-state index in [2.05, 4.69) is 4.98 Å². The summed E-state index contributed by atoms with van der Waals surface area (Å²) in [5, 5.41) is 0.565. The van der Waals surface area contributed by atoms with Crippen molar-refractivity contribution in [3.05, 3.63) is 28.8 Å². The summed E-state index contributed by atoms with van der Waals surface area (Å²) in [6, 6.07) is 5.78. The molecule has 1 amide bonds. The van der Waals surface area contributed by atoms with Gasteiger partial charge in [-0.1, -0.05) is 0 Å². The van der Waals surface area contributed by atoms with Crippen molar-refractivity contribution in [2.24, 2.45) is 5.92 Å². The summed E-state index contributed by atoms with van der Waals surface area (Å²) in [5.41, 5.74) is 1.74. The van der Waals surface area contributed by atoms with Crippen LogP contribution in [0.25, 0.3) is 10.2 Å². The minimum Gasteiger partial charge on any atom is -0.341 e. The van der Waals surface area contributed by atoms with Gasteiger partial charge in [-0.15, -0.1) is 22.9 Å². The highest BCUT2D eigenvalue weighted by atomic mass is 35.5. The zero-order valence-electron chi connectivity index (χ0n) is 14.6. The molecule has 0 saturated carbocycles. The molecule has 1 atom stereocenters. The molecular weight excluding hydrogens is 356 g/mol. The van der Waals surface area contributed by atoms with Crippen LogP contribution >= 0.6 is 22.9 Å². The number of aryl methyl sites for hydroxylation is 1. The first-order chi connectivity index (χ1) is 11.9. The largest absolute Gasteiger partial charge is 0.341 e. The second kappa shape index (κ2) is 7.83. The van der Waals surface area contributed by atoms with Gasteiger partial charge in [0.25, 0.3) is 0 Å². The summed E-state index contributed by atoms with van der Waals surface area (Å²) < 4.78 is 1.07. The Kier molecular flexibility index (Phi) is 5.74. The van der Waals surface area contributed by atoms with Crippen LogP contribution < -0.4 is 0 Å². The predicted molar refractivity (Wildman–Crippen MR) is 103 cm³/mol. The van der Waals surface area contributed by atoms with Gasteiger partial charge in [-0.2, -0.15) is 0 Å². The van der Waals surface area contributed by atoms with Crippen molar-refractivity contribution in [2.45, 2.75) is 44.9 Å². The molecule has 6 heteroatoms. The Hall–Kier alpha value is -1.46. The lowest BCUT2D eigenvalue weighted by Crippen LogP contribution is -2.41. The van der Waals surface area contributed by atoms with Crippen LogP contribution in [0.3, 0.4) is 0 Å². The molecule has 134 valence electrons. The maximum atomic E-state index is 12.5. The fraction of sp³-hybridized carbons (Fsp3) is 0.526. The first-order valence-electron chi connectivity index (χ1n) is 8.77. The Morgan fingerprint density at radius 3 is 2.76 bits per heavy atom. The number of carbonyl (C=O) groups is 2. The van der Waals surface area contributed by atoms with Crippen LogP contribution in [0.15, 0.2) is 18.2 Å². The van der Waals surface area contributed by atoms with Gasteiger partial charge >= 0.3 is 0 Å². The number of nitrogens with zero attached hydrogens (tertiary/aromatic N) is 2. The van der Waals surface area contributed by atoms with Gasteiger partial charge < -0.3 is 4.90 Å². The Labute approximate surface area is 157 Å². The highest BCUT2D eigenvalue weighted by molar-refractivity contribution is 7.18. The van der Waals surface area contributed by atoms with Gasteiger partial charge in [-0.3, -0.25) is 9.59 Å². The zero-order valence-corrected chi connectivity index (χ0v) is 16.2. The lowest BCUT2D eigenvalue weighted by Gasteiger charge is -2.32. The third-order valence-corrected chi connectivity index (χ3v) is 5.98. The first-order valence-corrected chi connectivity index (χ1v) is 10.0. The van der Waals surface area contributed by atoms with Crippen molar-refractivity contribution < 1.29 is 9.59 Å². The molecule has 0 spiro atoms. The molecule has 1 saturated heterocycles. The molecule has 2 aromatic rings. The Morgan fingerprint density at radius 2 is 2.08 bits per heavy atom. The van der Waals surface area contributed by atoms with E-state index >= 15 is 0 Å². The number of piperidine rings is 1. The van der Waals surface area contributed by atoms with E-state index in [1.54, 1.807) is 18.3 Å². The molecule has 4 nitrogen and oxygen atoms in total. The van der Waals surface area contributed by atoms with E-state index in [1.165, 1.54) is 0 Å². The molecule has 3 rings (SSSR count). The molecule has 1 unspecified atom stereocenters. The van der Waals surface area contributed by atoms with Crippen molar-refractivity contribution >= 4 is 44.8 Å². The molecular formula is C19H23ClN2O2S.